The maximum Gasteiger partial charge on any atom is 0.226 e. The molecular formula is C16H30N2O. The third-order valence-electron chi connectivity index (χ3n) is 5.56. The number of nitrogens with one attached hydrogen (secondary N) is 1. The van der Waals surface area contributed by atoms with E-state index in [1.165, 1.54) is 25.7 Å². The van der Waals surface area contributed by atoms with Gasteiger partial charge >= 0.3 is 0 Å². The molecule has 1 atom stereocenters. The fraction of sp³-hybridized carbons (Fsp3) is 0.938. The van der Waals surface area contributed by atoms with Gasteiger partial charge in [0.1, 0.15) is 0 Å². The van der Waals surface area contributed by atoms with Crippen LogP contribution in [0.25, 0.3) is 0 Å². The SMILES string of the molecule is CNC1CCC(N(C)C(=O)C2CCCC2(C)C)CC1. The summed E-state index contributed by atoms with van der Waals surface area (Å²) in [5, 5.41) is 3.36. The largest absolute Gasteiger partial charge is 0.343 e. The summed E-state index contributed by atoms with van der Waals surface area (Å²) < 4.78 is 0. The summed E-state index contributed by atoms with van der Waals surface area (Å²) in [5.41, 5.74) is 0.202. The van der Waals surface area contributed by atoms with Crippen LogP contribution in [0.15, 0.2) is 0 Å². The minimum absolute atomic E-state index is 0.202. The number of hydrogen-bond donors (Lipinski definition) is 1. The lowest BCUT2D eigenvalue weighted by atomic mass is 9.80. The van der Waals surface area contributed by atoms with E-state index in [1.807, 2.05) is 14.1 Å². The zero-order chi connectivity index (χ0) is 14.0. The standard InChI is InChI=1S/C16H30N2O/c1-16(2)11-5-6-14(16)15(19)18(4)13-9-7-12(17-3)8-10-13/h12-14,17H,5-11H2,1-4H3. The number of hydrogen-bond acceptors (Lipinski definition) is 2. The number of amides is 1. The van der Waals surface area contributed by atoms with Crippen LogP contribution in [0.5, 0.6) is 0 Å². The Bertz CT molecular complexity index is 319. The maximum atomic E-state index is 12.7. The lowest BCUT2D eigenvalue weighted by Gasteiger charge is -2.38. The molecule has 0 bridgehead atoms. The smallest absolute Gasteiger partial charge is 0.226 e. The van der Waals surface area contributed by atoms with Crippen LogP contribution < -0.4 is 5.32 Å². The fourth-order valence-electron chi connectivity index (χ4n) is 3.96. The Morgan fingerprint density at radius 3 is 2.26 bits per heavy atom. The number of rotatable bonds is 3. The molecule has 0 radical (unpaired) electrons. The average molecular weight is 266 g/mol. The Labute approximate surface area is 118 Å². The van der Waals surface area contributed by atoms with Crippen molar-refractivity contribution in [3.63, 3.8) is 0 Å². The Morgan fingerprint density at radius 2 is 1.79 bits per heavy atom. The van der Waals surface area contributed by atoms with Gasteiger partial charge in [0, 0.05) is 25.0 Å². The molecule has 1 N–H and O–H groups in total. The summed E-state index contributed by atoms with van der Waals surface area (Å²) in [5.74, 6) is 0.648. The molecule has 0 aromatic rings. The van der Waals surface area contributed by atoms with E-state index in [4.69, 9.17) is 0 Å². The molecule has 0 spiro atoms. The molecule has 1 amide bonds. The Morgan fingerprint density at radius 1 is 1.16 bits per heavy atom. The number of carbonyl (C=O) groups excluding carboxylic acids is 1. The first-order valence-corrected chi connectivity index (χ1v) is 7.89. The molecular weight excluding hydrogens is 236 g/mol. The minimum atomic E-state index is 0.202. The van der Waals surface area contributed by atoms with Crippen LogP contribution in [0.1, 0.15) is 58.8 Å². The summed E-state index contributed by atoms with van der Waals surface area (Å²) in [7, 11) is 4.07. The molecule has 0 aliphatic heterocycles. The maximum absolute atomic E-state index is 12.7. The average Bonchev–Trinajstić information content (AvgIpc) is 2.77. The molecule has 2 rings (SSSR count). The van der Waals surface area contributed by atoms with Gasteiger partial charge in [-0.2, -0.15) is 0 Å². The molecule has 2 aliphatic rings. The van der Waals surface area contributed by atoms with Crippen molar-refractivity contribution in [1.82, 2.24) is 10.2 Å². The second-order valence-corrected chi connectivity index (χ2v) is 7.18. The van der Waals surface area contributed by atoms with Crippen molar-refractivity contribution in [2.45, 2.75) is 70.9 Å². The van der Waals surface area contributed by atoms with Crippen molar-refractivity contribution >= 4 is 5.91 Å². The van der Waals surface area contributed by atoms with E-state index in [-0.39, 0.29) is 11.3 Å². The Hall–Kier alpha value is -0.570. The molecule has 2 aliphatic carbocycles. The zero-order valence-electron chi connectivity index (χ0n) is 13.0. The summed E-state index contributed by atoms with van der Waals surface area (Å²) >= 11 is 0. The van der Waals surface area contributed by atoms with E-state index in [9.17, 15) is 4.79 Å². The lowest BCUT2D eigenvalue weighted by Crippen LogP contribution is -2.46. The van der Waals surface area contributed by atoms with E-state index in [2.05, 4.69) is 24.1 Å². The summed E-state index contributed by atoms with van der Waals surface area (Å²) in [6.45, 7) is 4.52. The zero-order valence-corrected chi connectivity index (χ0v) is 13.0. The van der Waals surface area contributed by atoms with Gasteiger partial charge in [0.2, 0.25) is 5.91 Å². The second kappa shape index (κ2) is 5.82. The Kier molecular flexibility index (Phi) is 4.54. The van der Waals surface area contributed by atoms with E-state index in [0.29, 0.717) is 18.0 Å². The highest BCUT2D eigenvalue weighted by atomic mass is 16.2. The first kappa shape index (κ1) is 14.8. The molecule has 3 heteroatoms. The van der Waals surface area contributed by atoms with Gasteiger partial charge < -0.3 is 10.2 Å². The highest BCUT2D eigenvalue weighted by Crippen LogP contribution is 2.43. The van der Waals surface area contributed by atoms with Crippen molar-refractivity contribution in [2.75, 3.05) is 14.1 Å². The van der Waals surface area contributed by atoms with Gasteiger partial charge in [-0.1, -0.05) is 20.3 Å². The van der Waals surface area contributed by atoms with E-state index < -0.39 is 0 Å². The molecule has 110 valence electrons. The van der Waals surface area contributed by atoms with Gasteiger partial charge in [-0.15, -0.1) is 0 Å². The van der Waals surface area contributed by atoms with Gasteiger partial charge in [-0.3, -0.25) is 4.79 Å². The van der Waals surface area contributed by atoms with Crippen molar-refractivity contribution < 1.29 is 4.79 Å². The molecule has 0 saturated heterocycles. The summed E-state index contributed by atoms with van der Waals surface area (Å²) in [4.78, 5) is 14.8. The molecule has 0 aromatic heterocycles. The molecule has 3 nitrogen and oxygen atoms in total. The van der Waals surface area contributed by atoms with Crippen molar-refractivity contribution in [2.24, 2.45) is 11.3 Å². The van der Waals surface area contributed by atoms with Gasteiger partial charge in [0.15, 0.2) is 0 Å². The second-order valence-electron chi connectivity index (χ2n) is 7.18. The van der Waals surface area contributed by atoms with E-state index in [1.54, 1.807) is 0 Å². The van der Waals surface area contributed by atoms with Crippen molar-refractivity contribution in [3.8, 4) is 0 Å². The third-order valence-corrected chi connectivity index (χ3v) is 5.56. The minimum Gasteiger partial charge on any atom is -0.343 e. The van der Waals surface area contributed by atoms with Crippen LogP contribution in [-0.2, 0) is 4.79 Å². The quantitative estimate of drug-likeness (QED) is 0.852. The monoisotopic (exact) mass is 266 g/mol. The van der Waals surface area contributed by atoms with Crippen LogP contribution in [0.2, 0.25) is 0 Å². The lowest BCUT2D eigenvalue weighted by molar-refractivity contribution is -0.139. The normalized spacial score (nSPS) is 34.2. The van der Waals surface area contributed by atoms with Crippen LogP contribution in [0, 0.1) is 11.3 Å². The Balaban J connectivity index is 1.93. The summed E-state index contributed by atoms with van der Waals surface area (Å²) in [6, 6.07) is 1.12. The van der Waals surface area contributed by atoms with Crippen molar-refractivity contribution in [3.05, 3.63) is 0 Å². The van der Waals surface area contributed by atoms with E-state index >= 15 is 0 Å². The molecule has 2 saturated carbocycles. The van der Waals surface area contributed by atoms with Gasteiger partial charge in [0.05, 0.1) is 0 Å². The third kappa shape index (κ3) is 3.13. The highest BCUT2D eigenvalue weighted by Gasteiger charge is 2.41. The fourth-order valence-corrected chi connectivity index (χ4v) is 3.96. The highest BCUT2D eigenvalue weighted by molar-refractivity contribution is 5.80. The first-order valence-electron chi connectivity index (χ1n) is 7.89. The molecule has 1 unspecified atom stereocenters. The van der Waals surface area contributed by atoms with Gasteiger partial charge in [-0.05, 0) is 51.0 Å². The first-order chi connectivity index (χ1) is 8.95. The topological polar surface area (TPSA) is 32.3 Å². The van der Waals surface area contributed by atoms with Crippen LogP contribution >= 0.6 is 0 Å². The molecule has 0 heterocycles. The molecule has 19 heavy (non-hydrogen) atoms. The molecule has 2 fully saturated rings. The molecule has 0 aromatic carbocycles. The number of carbonyl (C=O) groups is 1. The van der Waals surface area contributed by atoms with E-state index in [0.717, 1.165) is 19.3 Å². The summed E-state index contributed by atoms with van der Waals surface area (Å²) in [6.07, 6.45) is 8.21. The predicted octanol–water partition coefficient (Wildman–Crippen LogP) is 2.80. The van der Waals surface area contributed by atoms with Crippen LogP contribution in [-0.4, -0.2) is 37.0 Å². The van der Waals surface area contributed by atoms with Gasteiger partial charge in [0.25, 0.3) is 0 Å². The van der Waals surface area contributed by atoms with Crippen LogP contribution in [0.4, 0.5) is 0 Å². The van der Waals surface area contributed by atoms with Crippen LogP contribution in [0.3, 0.4) is 0 Å². The predicted molar refractivity (Wildman–Crippen MR) is 79.0 cm³/mol. The number of nitrogens with zero attached hydrogens (tertiary/aromatic N) is 1. The van der Waals surface area contributed by atoms with Gasteiger partial charge in [-0.25, -0.2) is 0 Å². The van der Waals surface area contributed by atoms with Crippen molar-refractivity contribution in [1.29, 1.82) is 0 Å².